The molecular weight excluding hydrogens is 304 g/mol. The van der Waals surface area contributed by atoms with Gasteiger partial charge in [0.2, 0.25) is 5.91 Å². The summed E-state index contributed by atoms with van der Waals surface area (Å²) in [4.78, 5) is 14.3. The number of methoxy groups -OCH3 is 1. The first kappa shape index (κ1) is 17.9. The second-order valence-corrected chi connectivity index (χ2v) is 5.92. The van der Waals surface area contributed by atoms with Gasteiger partial charge < -0.3 is 14.4 Å². The highest BCUT2D eigenvalue weighted by Crippen LogP contribution is 2.30. The van der Waals surface area contributed by atoms with Crippen molar-refractivity contribution in [2.24, 2.45) is 5.92 Å². The average molecular weight is 328 g/mol. The molecule has 0 spiro atoms. The number of hydrogen-bond donors (Lipinski definition) is 0. The second kappa shape index (κ2) is 8.97. The molecule has 0 radical (unpaired) electrons. The number of ether oxygens (including phenoxy) is 2. The number of carbonyl (C=O) groups is 1. The van der Waals surface area contributed by atoms with Crippen LogP contribution in [0.25, 0.3) is 6.08 Å². The van der Waals surface area contributed by atoms with E-state index in [1.807, 2.05) is 17.0 Å². The lowest BCUT2D eigenvalue weighted by atomic mass is 10.2. The fourth-order valence-corrected chi connectivity index (χ4v) is 2.46. The van der Waals surface area contributed by atoms with Gasteiger partial charge in [-0.2, -0.15) is 5.26 Å². The number of carbonyl (C=O) groups excluding carboxylic acids is 1. The zero-order valence-corrected chi connectivity index (χ0v) is 14.3. The third-order valence-electron chi connectivity index (χ3n) is 3.88. The Bertz CT molecular complexity index is 630. The van der Waals surface area contributed by atoms with Gasteiger partial charge in [-0.05, 0) is 49.0 Å². The van der Waals surface area contributed by atoms with Gasteiger partial charge in [0, 0.05) is 19.2 Å². The van der Waals surface area contributed by atoms with Gasteiger partial charge in [0.15, 0.2) is 18.1 Å². The summed E-state index contributed by atoms with van der Waals surface area (Å²) in [5, 5.41) is 8.58. The maximum atomic E-state index is 12.4. The van der Waals surface area contributed by atoms with E-state index in [1.54, 1.807) is 31.4 Å². The summed E-state index contributed by atoms with van der Waals surface area (Å²) in [6.07, 6.45) is 6.83. The van der Waals surface area contributed by atoms with E-state index in [9.17, 15) is 4.79 Å². The molecular formula is C19H24N2O3. The highest BCUT2D eigenvalue weighted by molar-refractivity contribution is 5.91. The number of nitriles is 1. The van der Waals surface area contributed by atoms with Crippen LogP contribution < -0.4 is 9.47 Å². The molecule has 1 saturated carbocycles. The van der Waals surface area contributed by atoms with Gasteiger partial charge in [0.25, 0.3) is 0 Å². The smallest absolute Gasteiger partial charge is 0.246 e. The van der Waals surface area contributed by atoms with Gasteiger partial charge >= 0.3 is 0 Å². The van der Waals surface area contributed by atoms with E-state index in [4.69, 9.17) is 14.7 Å². The molecule has 24 heavy (non-hydrogen) atoms. The first-order valence-corrected chi connectivity index (χ1v) is 8.32. The molecule has 5 heteroatoms. The van der Waals surface area contributed by atoms with Crippen molar-refractivity contribution in [1.29, 1.82) is 5.26 Å². The molecule has 0 unspecified atom stereocenters. The van der Waals surface area contributed by atoms with Crippen LogP contribution in [-0.2, 0) is 4.79 Å². The zero-order valence-electron chi connectivity index (χ0n) is 14.3. The fourth-order valence-electron chi connectivity index (χ4n) is 2.46. The molecule has 2 rings (SSSR count). The molecule has 1 amide bonds. The summed E-state index contributed by atoms with van der Waals surface area (Å²) in [5.74, 6) is 1.80. The monoisotopic (exact) mass is 328 g/mol. The van der Waals surface area contributed by atoms with E-state index in [0.717, 1.165) is 25.1 Å². The second-order valence-electron chi connectivity index (χ2n) is 5.92. The van der Waals surface area contributed by atoms with E-state index < -0.39 is 0 Å². The maximum Gasteiger partial charge on any atom is 0.246 e. The van der Waals surface area contributed by atoms with Crippen LogP contribution in [-0.4, -0.2) is 37.6 Å². The molecule has 0 heterocycles. The van der Waals surface area contributed by atoms with Gasteiger partial charge in [0.05, 0.1) is 7.11 Å². The Labute approximate surface area is 143 Å². The standard InChI is InChI=1S/C19H24N2O3/c1-3-11-21(14-16-4-5-16)19(22)9-7-15-6-8-17(24-12-10-20)18(13-15)23-2/h6-9,13,16H,3-5,11-12,14H2,1-2H3/b9-7+. The molecule has 0 saturated heterocycles. The highest BCUT2D eigenvalue weighted by Gasteiger charge is 2.25. The molecule has 0 atom stereocenters. The third kappa shape index (κ3) is 5.31. The summed E-state index contributed by atoms with van der Waals surface area (Å²) in [6.45, 7) is 3.71. The van der Waals surface area contributed by atoms with Crippen LogP contribution in [0.1, 0.15) is 31.7 Å². The van der Waals surface area contributed by atoms with Crippen molar-refractivity contribution in [3.63, 3.8) is 0 Å². The normalized spacial score (nSPS) is 13.5. The summed E-state index contributed by atoms with van der Waals surface area (Å²) >= 11 is 0. The van der Waals surface area contributed by atoms with E-state index >= 15 is 0 Å². The third-order valence-corrected chi connectivity index (χ3v) is 3.88. The molecule has 128 valence electrons. The van der Waals surface area contributed by atoms with Crippen LogP contribution in [0.3, 0.4) is 0 Å². The van der Waals surface area contributed by atoms with Gasteiger partial charge in [0.1, 0.15) is 6.07 Å². The van der Waals surface area contributed by atoms with Crippen LogP contribution in [0.4, 0.5) is 0 Å². The van der Waals surface area contributed by atoms with Crippen molar-refractivity contribution < 1.29 is 14.3 Å². The Balaban J connectivity index is 2.03. The predicted octanol–water partition coefficient (Wildman–Crippen LogP) is 3.26. The van der Waals surface area contributed by atoms with Crippen LogP contribution in [0.2, 0.25) is 0 Å². The van der Waals surface area contributed by atoms with Crippen molar-refractivity contribution in [1.82, 2.24) is 4.90 Å². The lowest BCUT2D eigenvalue weighted by Gasteiger charge is -2.20. The number of hydrogen-bond acceptors (Lipinski definition) is 4. The van der Waals surface area contributed by atoms with Crippen molar-refractivity contribution in [2.45, 2.75) is 26.2 Å². The minimum absolute atomic E-state index is 0.0306. The van der Waals surface area contributed by atoms with E-state index in [1.165, 1.54) is 12.8 Å². The maximum absolute atomic E-state index is 12.4. The van der Waals surface area contributed by atoms with Gasteiger partial charge in [-0.1, -0.05) is 13.0 Å². The summed E-state index contributed by atoms with van der Waals surface area (Å²) in [5.41, 5.74) is 0.854. The summed E-state index contributed by atoms with van der Waals surface area (Å²) < 4.78 is 10.6. The number of rotatable bonds is 9. The summed E-state index contributed by atoms with van der Waals surface area (Å²) in [6, 6.07) is 7.30. The van der Waals surface area contributed by atoms with E-state index in [-0.39, 0.29) is 12.5 Å². The minimum Gasteiger partial charge on any atom is -0.493 e. The summed E-state index contributed by atoms with van der Waals surface area (Å²) in [7, 11) is 1.55. The van der Waals surface area contributed by atoms with E-state index in [0.29, 0.717) is 17.4 Å². The highest BCUT2D eigenvalue weighted by atomic mass is 16.5. The lowest BCUT2D eigenvalue weighted by molar-refractivity contribution is -0.126. The van der Waals surface area contributed by atoms with Crippen molar-refractivity contribution in [2.75, 3.05) is 26.8 Å². The fraction of sp³-hybridized carbons (Fsp3) is 0.474. The Morgan fingerprint density at radius 1 is 1.42 bits per heavy atom. The molecule has 1 fully saturated rings. The molecule has 0 bridgehead atoms. The average Bonchev–Trinajstić information content (AvgIpc) is 3.41. The molecule has 1 aromatic rings. The minimum atomic E-state index is -0.0306. The van der Waals surface area contributed by atoms with Crippen molar-refractivity contribution in [3.05, 3.63) is 29.8 Å². The molecule has 0 N–H and O–H groups in total. The van der Waals surface area contributed by atoms with Gasteiger partial charge in [-0.15, -0.1) is 0 Å². The molecule has 0 aromatic heterocycles. The molecule has 1 aliphatic carbocycles. The molecule has 1 aromatic carbocycles. The van der Waals surface area contributed by atoms with Crippen LogP contribution in [0.15, 0.2) is 24.3 Å². The van der Waals surface area contributed by atoms with Crippen molar-refractivity contribution >= 4 is 12.0 Å². The largest absolute Gasteiger partial charge is 0.493 e. The topological polar surface area (TPSA) is 62.6 Å². The molecule has 1 aliphatic rings. The Kier molecular flexibility index (Phi) is 6.68. The van der Waals surface area contributed by atoms with Crippen molar-refractivity contribution in [3.8, 4) is 17.6 Å². The van der Waals surface area contributed by atoms with E-state index in [2.05, 4.69) is 6.92 Å². The SMILES string of the molecule is CCCN(CC1CC1)C(=O)/C=C/c1ccc(OCC#N)c(OC)c1. The zero-order chi connectivity index (χ0) is 17.4. The Morgan fingerprint density at radius 2 is 2.21 bits per heavy atom. The number of nitrogens with zero attached hydrogens (tertiary/aromatic N) is 2. The van der Waals surface area contributed by atoms with Gasteiger partial charge in [-0.25, -0.2) is 0 Å². The quantitative estimate of drug-likeness (QED) is 0.653. The number of amides is 1. The predicted molar refractivity (Wildman–Crippen MR) is 92.7 cm³/mol. The first-order valence-electron chi connectivity index (χ1n) is 8.32. The molecule has 5 nitrogen and oxygen atoms in total. The Morgan fingerprint density at radius 3 is 2.83 bits per heavy atom. The lowest BCUT2D eigenvalue weighted by Crippen LogP contribution is -2.32. The van der Waals surface area contributed by atoms with Gasteiger partial charge in [-0.3, -0.25) is 4.79 Å². The molecule has 0 aliphatic heterocycles. The van der Waals surface area contributed by atoms with Crippen LogP contribution >= 0.6 is 0 Å². The number of benzene rings is 1. The first-order chi connectivity index (χ1) is 11.7. The Hall–Kier alpha value is -2.48. The van der Waals surface area contributed by atoms with Crippen LogP contribution in [0.5, 0.6) is 11.5 Å². The van der Waals surface area contributed by atoms with Crippen LogP contribution in [0, 0.1) is 17.2 Å².